The minimum Gasteiger partial charge on any atom is -0.298 e. The molecule has 10 heavy (non-hydrogen) atoms. The van der Waals surface area contributed by atoms with Crippen LogP contribution in [0.5, 0.6) is 0 Å². The quantitative estimate of drug-likeness (QED) is 0.507. The molecule has 0 unspecified atom stereocenters. The van der Waals surface area contributed by atoms with E-state index in [1.165, 1.54) is 0 Å². The first-order chi connectivity index (χ1) is 4.54. The molecule has 0 spiro atoms. The van der Waals surface area contributed by atoms with E-state index < -0.39 is 0 Å². The molecule has 0 fully saturated rings. The molecule has 0 aromatic heterocycles. The van der Waals surface area contributed by atoms with Crippen LogP contribution < -0.4 is 11.0 Å². The van der Waals surface area contributed by atoms with Crippen LogP contribution >= 0.6 is 0 Å². The van der Waals surface area contributed by atoms with E-state index in [-0.39, 0.29) is 6.04 Å². The zero-order chi connectivity index (χ0) is 8.15. The Balaban J connectivity index is 3.30. The number of nitrogens with one attached hydrogen (secondary N) is 2. The van der Waals surface area contributed by atoms with Gasteiger partial charge in [0, 0.05) is 12.1 Å². The third kappa shape index (κ3) is 4.69. The van der Waals surface area contributed by atoms with Crippen LogP contribution in [0.15, 0.2) is 0 Å². The van der Waals surface area contributed by atoms with E-state index >= 15 is 0 Å². The van der Waals surface area contributed by atoms with Crippen molar-refractivity contribution in [3.05, 3.63) is 0 Å². The van der Waals surface area contributed by atoms with Crippen LogP contribution in [0.25, 0.3) is 0 Å². The first-order valence-corrected chi connectivity index (χ1v) is 3.53. The summed E-state index contributed by atoms with van der Waals surface area (Å²) in [4.78, 5) is 0. The fraction of sp³-hybridized carbons (Fsp3) is 1.00. The molecule has 0 rings (SSSR count). The van der Waals surface area contributed by atoms with Gasteiger partial charge in [-0.05, 0) is 27.7 Å². The third-order valence-corrected chi connectivity index (χ3v) is 0.957. The number of nitrogens with zero attached hydrogens (tertiary/aromatic N) is 1. The summed E-state index contributed by atoms with van der Waals surface area (Å²) in [6.07, 6.45) is 0. The van der Waals surface area contributed by atoms with Crippen molar-refractivity contribution in [3.8, 4) is 0 Å². The lowest BCUT2D eigenvalue weighted by atomic mass is 10.4. The molecule has 0 aliphatic carbocycles. The second-order valence-electron chi connectivity index (χ2n) is 2.85. The summed E-state index contributed by atoms with van der Waals surface area (Å²) < 4.78 is 0. The minimum atomic E-state index is 0.0752. The number of hydrogen-bond acceptors (Lipinski definition) is 4. The zero-order valence-corrected chi connectivity index (χ0v) is 7.05. The maximum absolute atomic E-state index is 9.04. The van der Waals surface area contributed by atoms with E-state index in [0.29, 0.717) is 6.04 Å². The van der Waals surface area contributed by atoms with E-state index in [1.807, 2.05) is 27.7 Å². The first kappa shape index (κ1) is 9.84. The Bertz CT molecular complexity index is 85.1. The smallest absolute Gasteiger partial charge is 0.0467 e. The predicted molar refractivity (Wildman–Crippen MR) is 40.2 cm³/mol. The molecule has 62 valence electrons. The van der Waals surface area contributed by atoms with E-state index in [2.05, 4.69) is 11.0 Å². The number of rotatable bonds is 4. The molecule has 0 aromatic rings. The molecular formula is C6H17N3O. The van der Waals surface area contributed by atoms with Gasteiger partial charge in [0.2, 0.25) is 0 Å². The average Bonchev–Trinajstić information content (AvgIpc) is 1.82. The molecule has 4 heteroatoms. The highest BCUT2D eigenvalue weighted by Crippen LogP contribution is 1.85. The summed E-state index contributed by atoms with van der Waals surface area (Å²) >= 11 is 0. The Hall–Kier alpha value is -0.160. The SMILES string of the molecule is CC(C)NNN(O)C(C)C. The Kier molecular flexibility index (Phi) is 4.55. The van der Waals surface area contributed by atoms with Crippen molar-refractivity contribution in [2.24, 2.45) is 0 Å². The van der Waals surface area contributed by atoms with Gasteiger partial charge in [-0.25, -0.2) is 5.43 Å². The average molecular weight is 147 g/mol. The Labute approximate surface area is 62.1 Å². The van der Waals surface area contributed by atoms with Crippen LogP contribution in [0.1, 0.15) is 27.7 Å². The highest BCUT2D eigenvalue weighted by molar-refractivity contribution is 4.46. The zero-order valence-electron chi connectivity index (χ0n) is 7.05. The molecule has 4 nitrogen and oxygen atoms in total. The molecule has 0 aliphatic rings. The van der Waals surface area contributed by atoms with Crippen LogP contribution in [0.3, 0.4) is 0 Å². The number of hydrazine groups is 2. The summed E-state index contributed by atoms with van der Waals surface area (Å²) in [6.45, 7) is 7.74. The van der Waals surface area contributed by atoms with E-state index in [1.54, 1.807) is 0 Å². The van der Waals surface area contributed by atoms with Crippen molar-refractivity contribution < 1.29 is 5.21 Å². The van der Waals surface area contributed by atoms with Gasteiger partial charge in [0.1, 0.15) is 0 Å². The van der Waals surface area contributed by atoms with Gasteiger partial charge in [-0.2, -0.15) is 5.53 Å². The fourth-order valence-corrected chi connectivity index (χ4v) is 0.324. The van der Waals surface area contributed by atoms with Crippen LogP contribution in [0.4, 0.5) is 0 Å². The van der Waals surface area contributed by atoms with Crippen molar-refractivity contribution in [2.75, 3.05) is 0 Å². The Morgan fingerprint density at radius 2 is 1.70 bits per heavy atom. The van der Waals surface area contributed by atoms with Crippen molar-refractivity contribution in [2.45, 2.75) is 39.8 Å². The summed E-state index contributed by atoms with van der Waals surface area (Å²) in [6, 6.07) is 0.389. The third-order valence-electron chi connectivity index (χ3n) is 0.957. The van der Waals surface area contributed by atoms with Gasteiger partial charge in [0.05, 0.1) is 0 Å². The second kappa shape index (κ2) is 4.62. The minimum absolute atomic E-state index is 0.0752. The Morgan fingerprint density at radius 1 is 1.20 bits per heavy atom. The van der Waals surface area contributed by atoms with Crippen molar-refractivity contribution >= 4 is 0 Å². The molecule has 0 saturated carbocycles. The van der Waals surface area contributed by atoms with Crippen LogP contribution in [-0.4, -0.2) is 22.5 Å². The largest absolute Gasteiger partial charge is 0.298 e. The maximum atomic E-state index is 9.04. The van der Waals surface area contributed by atoms with Gasteiger partial charge < -0.3 is 0 Å². The van der Waals surface area contributed by atoms with Gasteiger partial charge >= 0.3 is 0 Å². The standard InChI is InChI=1S/C6H17N3O/c1-5(2)7-8-9(10)6(3)4/h5-8,10H,1-4H3. The molecule has 0 bridgehead atoms. The highest BCUT2D eigenvalue weighted by atomic mass is 16.5. The summed E-state index contributed by atoms with van der Waals surface area (Å²) in [5, 5.41) is 10.1. The molecule has 0 amide bonds. The van der Waals surface area contributed by atoms with Gasteiger partial charge in [0.25, 0.3) is 0 Å². The predicted octanol–water partition coefficient (Wildman–Crippen LogP) is 0.504. The summed E-state index contributed by atoms with van der Waals surface area (Å²) in [7, 11) is 0. The summed E-state index contributed by atoms with van der Waals surface area (Å²) in [5.41, 5.74) is 5.47. The summed E-state index contributed by atoms with van der Waals surface area (Å²) in [5.74, 6) is 0. The lowest BCUT2D eigenvalue weighted by Gasteiger charge is -2.21. The van der Waals surface area contributed by atoms with Gasteiger partial charge in [-0.1, -0.05) is 0 Å². The maximum Gasteiger partial charge on any atom is 0.0467 e. The molecular weight excluding hydrogens is 130 g/mol. The normalized spacial score (nSPS) is 12.0. The molecule has 0 saturated heterocycles. The van der Waals surface area contributed by atoms with Crippen molar-refractivity contribution in [1.82, 2.24) is 16.1 Å². The molecule has 0 radical (unpaired) electrons. The van der Waals surface area contributed by atoms with E-state index in [9.17, 15) is 0 Å². The van der Waals surface area contributed by atoms with E-state index in [4.69, 9.17) is 5.21 Å². The fourth-order valence-electron chi connectivity index (χ4n) is 0.324. The lowest BCUT2D eigenvalue weighted by Crippen LogP contribution is -2.50. The molecule has 3 N–H and O–H groups in total. The molecule has 0 aliphatic heterocycles. The van der Waals surface area contributed by atoms with Gasteiger partial charge in [0.15, 0.2) is 0 Å². The molecule has 0 heterocycles. The van der Waals surface area contributed by atoms with E-state index in [0.717, 1.165) is 5.17 Å². The van der Waals surface area contributed by atoms with Crippen molar-refractivity contribution in [3.63, 3.8) is 0 Å². The van der Waals surface area contributed by atoms with Gasteiger partial charge in [-0.15, -0.1) is 5.17 Å². The monoisotopic (exact) mass is 147 g/mol. The van der Waals surface area contributed by atoms with Crippen molar-refractivity contribution in [1.29, 1.82) is 0 Å². The molecule has 0 aromatic carbocycles. The Morgan fingerprint density at radius 3 is 2.00 bits per heavy atom. The topological polar surface area (TPSA) is 47.5 Å². The molecule has 0 atom stereocenters. The second-order valence-corrected chi connectivity index (χ2v) is 2.85. The first-order valence-electron chi connectivity index (χ1n) is 3.53. The number of hydrogen-bond donors (Lipinski definition) is 3. The van der Waals surface area contributed by atoms with Crippen LogP contribution in [0.2, 0.25) is 0 Å². The highest BCUT2D eigenvalue weighted by Gasteiger charge is 2.03. The van der Waals surface area contributed by atoms with Crippen LogP contribution in [0, 0.1) is 0 Å². The van der Waals surface area contributed by atoms with Gasteiger partial charge in [-0.3, -0.25) is 5.21 Å². The number of hydroxylamine groups is 1. The van der Waals surface area contributed by atoms with Crippen LogP contribution in [-0.2, 0) is 0 Å². The lowest BCUT2D eigenvalue weighted by molar-refractivity contribution is -0.174.